The Labute approximate surface area is 171 Å². The van der Waals surface area contributed by atoms with Crippen molar-refractivity contribution < 1.29 is 14.3 Å². The molecule has 0 radical (unpaired) electrons. The van der Waals surface area contributed by atoms with Crippen LogP contribution in [0.3, 0.4) is 0 Å². The molecule has 4 aromatic rings. The fourth-order valence-corrected chi connectivity index (χ4v) is 4.06. The number of carbonyl (C=O) groups excluding carboxylic acids is 2. The molecule has 0 saturated heterocycles. The molecule has 0 spiro atoms. The summed E-state index contributed by atoms with van der Waals surface area (Å²) in [5, 5.41) is 0. The lowest BCUT2D eigenvalue weighted by Gasteiger charge is -2.02. The average molecular weight is 402 g/mol. The van der Waals surface area contributed by atoms with Gasteiger partial charge in [-0.1, -0.05) is 53.8 Å². The van der Waals surface area contributed by atoms with Gasteiger partial charge in [0.1, 0.15) is 5.75 Å². The van der Waals surface area contributed by atoms with E-state index in [1.54, 1.807) is 43.5 Å². The highest BCUT2D eigenvalue weighted by Crippen LogP contribution is 2.22. The number of rotatable bonds is 4. The monoisotopic (exact) mass is 402 g/mol. The number of benzene rings is 3. The van der Waals surface area contributed by atoms with Gasteiger partial charge in [0.2, 0.25) is 0 Å². The number of amides is 1. The van der Waals surface area contributed by atoms with Crippen LogP contribution in [0.4, 0.5) is 0 Å². The smallest absolute Gasteiger partial charge is 0.279 e. The van der Waals surface area contributed by atoms with Crippen LogP contribution in [0.2, 0.25) is 0 Å². The van der Waals surface area contributed by atoms with Gasteiger partial charge in [0.15, 0.2) is 10.6 Å². The SMILES string of the molecule is COc1ccc2c(c1)sc(=NC(=O)c1ccc(C(=O)c3ccccc3)cc1)n2C. The van der Waals surface area contributed by atoms with Crippen molar-refractivity contribution >= 4 is 33.2 Å². The van der Waals surface area contributed by atoms with Crippen LogP contribution < -0.4 is 9.54 Å². The van der Waals surface area contributed by atoms with Gasteiger partial charge in [-0.2, -0.15) is 4.99 Å². The second-order valence-corrected chi connectivity index (χ2v) is 7.48. The Morgan fingerprint density at radius 3 is 2.24 bits per heavy atom. The molecule has 0 fully saturated rings. The molecule has 3 aromatic carbocycles. The minimum absolute atomic E-state index is 0.0774. The Morgan fingerprint density at radius 1 is 0.897 bits per heavy atom. The van der Waals surface area contributed by atoms with E-state index in [1.165, 1.54) is 11.3 Å². The predicted octanol–water partition coefficient (Wildman–Crippen LogP) is 4.22. The van der Waals surface area contributed by atoms with Gasteiger partial charge in [-0.05, 0) is 30.3 Å². The molecule has 0 bridgehead atoms. The molecular formula is C23H18N2O3S. The number of aryl methyl sites for hydroxylation is 1. The van der Waals surface area contributed by atoms with E-state index in [0.717, 1.165) is 16.0 Å². The van der Waals surface area contributed by atoms with E-state index in [9.17, 15) is 9.59 Å². The Kier molecular flexibility index (Phi) is 5.10. The number of carbonyl (C=O) groups is 2. The van der Waals surface area contributed by atoms with Crippen molar-refractivity contribution in [2.45, 2.75) is 0 Å². The van der Waals surface area contributed by atoms with E-state index in [1.807, 2.05) is 48.0 Å². The zero-order valence-electron chi connectivity index (χ0n) is 16.0. The molecule has 0 aliphatic carbocycles. The number of methoxy groups -OCH3 is 1. The van der Waals surface area contributed by atoms with Gasteiger partial charge in [-0.25, -0.2) is 0 Å². The minimum atomic E-state index is -0.349. The van der Waals surface area contributed by atoms with Crippen LogP contribution in [-0.2, 0) is 7.05 Å². The summed E-state index contributed by atoms with van der Waals surface area (Å²) in [5.41, 5.74) is 2.56. The molecule has 29 heavy (non-hydrogen) atoms. The van der Waals surface area contributed by atoms with Gasteiger partial charge in [-0.3, -0.25) is 9.59 Å². The molecular weight excluding hydrogens is 384 g/mol. The summed E-state index contributed by atoms with van der Waals surface area (Å²) in [6.45, 7) is 0. The Bertz CT molecular complexity index is 1270. The van der Waals surface area contributed by atoms with Crippen molar-refractivity contribution in [3.05, 3.63) is 94.3 Å². The Morgan fingerprint density at radius 2 is 1.55 bits per heavy atom. The van der Waals surface area contributed by atoms with Crippen LogP contribution in [-0.4, -0.2) is 23.4 Å². The summed E-state index contributed by atoms with van der Waals surface area (Å²) >= 11 is 1.42. The normalized spacial score (nSPS) is 11.6. The molecule has 0 unspecified atom stereocenters. The van der Waals surface area contributed by atoms with E-state index in [0.29, 0.717) is 21.5 Å². The fourth-order valence-electron chi connectivity index (χ4n) is 3.02. The third-order valence-electron chi connectivity index (χ3n) is 4.64. The number of thiazole rings is 1. The second kappa shape index (κ2) is 7.85. The molecule has 6 heteroatoms. The minimum Gasteiger partial charge on any atom is -0.497 e. The second-order valence-electron chi connectivity index (χ2n) is 6.47. The van der Waals surface area contributed by atoms with Gasteiger partial charge in [0.05, 0.1) is 17.3 Å². The van der Waals surface area contributed by atoms with E-state index in [4.69, 9.17) is 4.74 Å². The number of ketones is 1. The van der Waals surface area contributed by atoms with Crippen molar-refractivity contribution in [3.63, 3.8) is 0 Å². The predicted molar refractivity (Wildman–Crippen MR) is 114 cm³/mol. The van der Waals surface area contributed by atoms with E-state index in [2.05, 4.69) is 4.99 Å². The largest absolute Gasteiger partial charge is 0.497 e. The van der Waals surface area contributed by atoms with Crippen molar-refractivity contribution in [2.24, 2.45) is 12.0 Å². The zero-order chi connectivity index (χ0) is 20.4. The quantitative estimate of drug-likeness (QED) is 0.480. The van der Waals surface area contributed by atoms with E-state index >= 15 is 0 Å². The molecule has 4 rings (SSSR count). The van der Waals surface area contributed by atoms with E-state index in [-0.39, 0.29) is 11.7 Å². The van der Waals surface area contributed by atoms with Gasteiger partial charge < -0.3 is 9.30 Å². The first-order valence-corrected chi connectivity index (χ1v) is 9.81. The maximum atomic E-state index is 12.6. The Hall–Kier alpha value is -3.51. The van der Waals surface area contributed by atoms with Crippen LogP contribution >= 0.6 is 11.3 Å². The zero-order valence-corrected chi connectivity index (χ0v) is 16.8. The van der Waals surface area contributed by atoms with Gasteiger partial charge >= 0.3 is 0 Å². The van der Waals surface area contributed by atoms with Crippen LogP contribution in [0.1, 0.15) is 26.3 Å². The number of nitrogens with zero attached hydrogens (tertiary/aromatic N) is 2. The lowest BCUT2D eigenvalue weighted by atomic mass is 10.0. The molecule has 5 nitrogen and oxygen atoms in total. The standard InChI is InChI=1S/C23H18N2O3S/c1-25-19-13-12-18(28-2)14-20(19)29-23(25)24-22(27)17-10-8-16(9-11-17)21(26)15-6-4-3-5-7-15/h3-14H,1-2H3. The summed E-state index contributed by atoms with van der Waals surface area (Å²) in [6.07, 6.45) is 0. The fraction of sp³-hybridized carbons (Fsp3) is 0.0870. The molecule has 1 aromatic heterocycles. The van der Waals surface area contributed by atoms with Crippen molar-refractivity contribution in [3.8, 4) is 5.75 Å². The lowest BCUT2D eigenvalue weighted by molar-refractivity contribution is 0.0994. The Balaban J connectivity index is 1.63. The number of hydrogen-bond acceptors (Lipinski definition) is 4. The third kappa shape index (κ3) is 3.75. The van der Waals surface area contributed by atoms with Crippen LogP contribution in [0.15, 0.2) is 77.8 Å². The van der Waals surface area contributed by atoms with Crippen molar-refractivity contribution in [1.29, 1.82) is 0 Å². The maximum Gasteiger partial charge on any atom is 0.279 e. The van der Waals surface area contributed by atoms with Gasteiger partial charge in [0.25, 0.3) is 5.91 Å². The molecule has 0 saturated carbocycles. The summed E-state index contributed by atoms with van der Waals surface area (Å²) in [4.78, 5) is 30.0. The van der Waals surface area contributed by atoms with Crippen LogP contribution in [0.25, 0.3) is 10.2 Å². The highest BCUT2D eigenvalue weighted by Gasteiger charge is 2.11. The first kappa shape index (κ1) is 18.8. The molecule has 144 valence electrons. The number of hydrogen-bond donors (Lipinski definition) is 0. The highest BCUT2D eigenvalue weighted by molar-refractivity contribution is 7.16. The average Bonchev–Trinajstić information content (AvgIpc) is 3.08. The van der Waals surface area contributed by atoms with Gasteiger partial charge in [0, 0.05) is 23.7 Å². The van der Waals surface area contributed by atoms with Crippen molar-refractivity contribution in [1.82, 2.24) is 4.57 Å². The number of aromatic nitrogens is 1. The topological polar surface area (TPSA) is 60.7 Å². The molecule has 1 amide bonds. The van der Waals surface area contributed by atoms with E-state index < -0.39 is 0 Å². The molecule has 0 aliphatic heterocycles. The molecule has 1 heterocycles. The summed E-state index contributed by atoms with van der Waals surface area (Å²) < 4.78 is 8.12. The molecule has 0 aliphatic rings. The number of fused-ring (bicyclic) bond motifs is 1. The summed E-state index contributed by atoms with van der Waals surface area (Å²) in [6, 6.07) is 21.4. The third-order valence-corrected chi connectivity index (χ3v) is 5.74. The first-order valence-electron chi connectivity index (χ1n) is 8.99. The first-order chi connectivity index (χ1) is 14.1. The summed E-state index contributed by atoms with van der Waals surface area (Å²) in [7, 11) is 3.49. The molecule has 0 atom stereocenters. The van der Waals surface area contributed by atoms with Crippen LogP contribution in [0.5, 0.6) is 5.75 Å². The van der Waals surface area contributed by atoms with Gasteiger partial charge in [-0.15, -0.1) is 0 Å². The lowest BCUT2D eigenvalue weighted by Crippen LogP contribution is -2.13. The van der Waals surface area contributed by atoms with Crippen LogP contribution in [0, 0.1) is 0 Å². The van der Waals surface area contributed by atoms with Crippen molar-refractivity contribution in [2.75, 3.05) is 7.11 Å². The maximum absolute atomic E-state index is 12.6. The highest BCUT2D eigenvalue weighted by atomic mass is 32.1. The molecule has 0 N–H and O–H groups in total. The number of ether oxygens (including phenoxy) is 1. The summed E-state index contributed by atoms with van der Waals surface area (Å²) in [5.74, 6) is 0.333.